The van der Waals surface area contributed by atoms with E-state index in [0.29, 0.717) is 0 Å². The first-order valence-corrected chi connectivity index (χ1v) is 8.10. The smallest absolute Gasteiger partial charge is 0.0958 e. The van der Waals surface area contributed by atoms with Gasteiger partial charge in [0.05, 0.1) is 12.4 Å². The molecule has 1 aliphatic heterocycles. The predicted octanol–water partition coefficient (Wildman–Crippen LogP) is 4.64. The molecule has 106 valence electrons. The van der Waals surface area contributed by atoms with Crippen LogP contribution in [0.15, 0.2) is 4.99 Å². The highest BCUT2D eigenvalue weighted by Gasteiger charge is 2.10. The lowest BCUT2D eigenvalue weighted by molar-refractivity contribution is 0.428. The zero-order valence-electron chi connectivity index (χ0n) is 12.6. The molecule has 1 aliphatic rings. The maximum absolute atomic E-state index is 4.42. The van der Waals surface area contributed by atoms with Gasteiger partial charge < -0.3 is 4.90 Å². The van der Waals surface area contributed by atoms with Crippen LogP contribution in [0.5, 0.6) is 0 Å². The van der Waals surface area contributed by atoms with Crippen LogP contribution in [0.25, 0.3) is 0 Å². The third kappa shape index (κ3) is 7.03. The van der Waals surface area contributed by atoms with Gasteiger partial charge in [0.1, 0.15) is 0 Å². The Balaban J connectivity index is 1.77. The first-order valence-electron chi connectivity index (χ1n) is 8.10. The van der Waals surface area contributed by atoms with Crippen molar-refractivity contribution in [3.8, 4) is 0 Å². The molecule has 0 aromatic carbocycles. The van der Waals surface area contributed by atoms with E-state index in [1.165, 1.54) is 76.6 Å². The van der Waals surface area contributed by atoms with Crippen LogP contribution in [0.3, 0.4) is 0 Å². The second-order valence-corrected chi connectivity index (χ2v) is 5.60. The molecule has 0 fully saturated rings. The molecule has 0 aliphatic carbocycles. The summed E-state index contributed by atoms with van der Waals surface area (Å²) in [6.07, 6.45) is 14.2. The monoisotopic (exact) mass is 252 g/mol. The maximum atomic E-state index is 4.42. The van der Waals surface area contributed by atoms with Gasteiger partial charge in [0, 0.05) is 13.1 Å². The number of amidine groups is 1. The summed E-state index contributed by atoms with van der Waals surface area (Å²) in [5.41, 5.74) is 0. The third-order valence-electron chi connectivity index (χ3n) is 3.95. The number of aliphatic imine (C=N–C) groups is 1. The van der Waals surface area contributed by atoms with Crippen LogP contribution in [0, 0.1) is 0 Å². The van der Waals surface area contributed by atoms with E-state index >= 15 is 0 Å². The SMILES string of the molecule is CCCCCCCCCCCCN1CCN=C1C. The Morgan fingerprint density at radius 3 is 1.94 bits per heavy atom. The fourth-order valence-electron chi connectivity index (χ4n) is 2.66. The normalized spacial score (nSPS) is 15.2. The molecule has 0 amide bonds. The van der Waals surface area contributed by atoms with E-state index < -0.39 is 0 Å². The zero-order valence-corrected chi connectivity index (χ0v) is 12.6. The molecule has 2 heteroatoms. The van der Waals surface area contributed by atoms with Crippen LogP contribution in [0.4, 0.5) is 0 Å². The summed E-state index contributed by atoms with van der Waals surface area (Å²) in [5, 5.41) is 0. The Labute approximate surface area is 114 Å². The van der Waals surface area contributed by atoms with Gasteiger partial charge >= 0.3 is 0 Å². The summed E-state index contributed by atoms with van der Waals surface area (Å²) in [6, 6.07) is 0. The highest BCUT2D eigenvalue weighted by Crippen LogP contribution is 2.11. The molecule has 0 spiro atoms. The molecule has 2 nitrogen and oxygen atoms in total. The standard InChI is InChI=1S/C16H32N2/c1-3-4-5-6-7-8-9-10-11-12-14-18-15-13-17-16(18)2/h3-15H2,1-2H3. The fraction of sp³-hybridized carbons (Fsp3) is 0.938. The molecule has 1 rings (SSSR count). The van der Waals surface area contributed by atoms with Crippen molar-refractivity contribution in [2.24, 2.45) is 4.99 Å². The maximum Gasteiger partial charge on any atom is 0.0958 e. The zero-order chi connectivity index (χ0) is 13.1. The van der Waals surface area contributed by atoms with E-state index in [1.807, 2.05) is 0 Å². The van der Waals surface area contributed by atoms with Crippen LogP contribution in [0.2, 0.25) is 0 Å². The molecule has 0 unspecified atom stereocenters. The molecular weight excluding hydrogens is 220 g/mol. The highest BCUT2D eigenvalue weighted by molar-refractivity contribution is 5.81. The lowest BCUT2D eigenvalue weighted by Gasteiger charge is -2.17. The quantitative estimate of drug-likeness (QED) is 0.489. The van der Waals surface area contributed by atoms with Crippen LogP contribution in [-0.4, -0.2) is 30.4 Å². The first-order chi connectivity index (χ1) is 8.84. The summed E-state index contributed by atoms with van der Waals surface area (Å²) in [4.78, 5) is 6.86. The average Bonchev–Trinajstić information content (AvgIpc) is 2.77. The van der Waals surface area contributed by atoms with Crippen molar-refractivity contribution in [1.82, 2.24) is 4.90 Å². The van der Waals surface area contributed by atoms with E-state index in [9.17, 15) is 0 Å². The molecule has 0 saturated carbocycles. The minimum atomic E-state index is 1.02. The number of nitrogens with zero attached hydrogens (tertiary/aromatic N) is 2. The lowest BCUT2D eigenvalue weighted by Crippen LogP contribution is -2.26. The summed E-state index contributed by atoms with van der Waals surface area (Å²) < 4.78 is 0. The topological polar surface area (TPSA) is 15.6 Å². The summed E-state index contributed by atoms with van der Waals surface area (Å²) in [6.45, 7) is 7.83. The lowest BCUT2D eigenvalue weighted by atomic mass is 10.1. The van der Waals surface area contributed by atoms with Gasteiger partial charge in [-0.1, -0.05) is 64.7 Å². The summed E-state index contributed by atoms with van der Waals surface area (Å²) in [7, 11) is 0. The van der Waals surface area contributed by atoms with Gasteiger partial charge in [-0.3, -0.25) is 4.99 Å². The molecule has 0 radical (unpaired) electrons. The van der Waals surface area contributed by atoms with Crippen LogP contribution in [0.1, 0.15) is 78.1 Å². The Hall–Kier alpha value is -0.530. The fourth-order valence-corrected chi connectivity index (χ4v) is 2.66. The first kappa shape index (κ1) is 15.5. The van der Waals surface area contributed by atoms with Crippen molar-refractivity contribution >= 4 is 5.84 Å². The van der Waals surface area contributed by atoms with Crippen molar-refractivity contribution < 1.29 is 0 Å². The van der Waals surface area contributed by atoms with E-state index in [4.69, 9.17) is 0 Å². The van der Waals surface area contributed by atoms with Gasteiger partial charge in [0.15, 0.2) is 0 Å². The van der Waals surface area contributed by atoms with Crippen molar-refractivity contribution in [3.05, 3.63) is 0 Å². The third-order valence-corrected chi connectivity index (χ3v) is 3.95. The highest BCUT2D eigenvalue weighted by atomic mass is 15.2. The van der Waals surface area contributed by atoms with E-state index in [1.54, 1.807) is 0 Å². The average molecular weight is 252 g/mol. The van der Waals surface area contributed by atoms with E-state index in [-0.39, 0.29) is 0 Å². The second kappa shape index (κ2) is 10.4. The summed E-state index contributed by atoms with van der Waals surface area (Å²) in [5.74, 6) is 1.26. The largest absolute Gasteiger partial charge is 0.359 e. The Morgan fingerprint density at radius 1 is 0.889 bits per heavy atom. The van der Waals surface area contributed by atoms with Crippen LogP contribution in [-0.2, 0) is 0 Å². The molecule has 0 bridgehead atoms. The van der Waals surface area contributed by atoms with Crippen molar-refractivity contribution in [3.63, 3.8) is 0 Å². The molecule has 0 aromatic rings. The number of hydrogen-bond acceptors (Lipinski definition) is 2. The van der Waals surface area contributed by atoms with Gasteiger partial charge in [0.2, 0.25) is 0 Å². The van der Waals surface area contributed by atoms with Gasteiger partial charge in [-0.25, -0.2) is 0 Å². The number of unbranched alkanes of at least 4 members (excludes halogenated alkanes) is 9. The predicted molar refractivity (Wildman–Crippen MR) is 81.4 cm³/mol. The van der Waals surface area contributed by atoms with Crippen LogP contribution < -0.4 is 0 Å². The number of rotatable bonds is 11. The van der Waals surface area contributed by atoms with Crippen molar-refractivity contribution in [1.29, 1.82) is 0 Å². The van der Waals surface area contributed by atoms with E-state index in [2.05, 4.69) is 23.7 Å². The molecule has 0 N–H and O–H groups in total. The van der Waals surface area contributed by atoms with Gasteiger partial charge in [-0.05, 0) is 13.3 Å². The van der Waals surface area contributed by atoms with E-state index in [0.717, 1.165) is 13.1 Å². The van der Waals surface area contributed by atoms with Crippen molar-refractivity contribution in [2.45, 2.75) is 78.1 Å². The Kier molecular flexibility index (Phi) is 8.97. The Bertz CT molecular complexity index is 223. The van der Waals surface area contributed by atoms with Gasteiger partial charge in [-0.2, -0.15) is 0 Å². The minimum absolute atomic E-state index is 1.02. The second-order valence-electron chi connectivity index (χ2n) is 5.60. The van der Waals surface area contributed by atoms with Gasteiger partial charge in [-0.15, -0.1) is 0 Å². The Morgan fingerprint density at radius 2 is 1.44 bits per heavy atom. The molecule has 0 atom stereocenters. The molecule has 18 heavy (non-hydrogen) atoms. The van der Waals surface area contributed by atoms with Crippen molar-refractivity contribution in [2.75, 3.05) is 19.6 Å². The molecule has 0 aromatic heterocycles. The molecule has 1 heterocycles. The van der Waals surface area contributed by atoms with Crippen LogP contribution >= 0.6 is 0 Å². The number of hydrogen-bond donors (Lipinski definition) is 0. The summed E-state index contributed by atoms with van der Waals surface area (Å²) >= 11 is 0. The van der Waals surface area contributed by atoms with Gasteiger partial charge in [0.25, 0.3) is 0 Å². The molecule has 0 saturated heterocycles. The molecular formula is C16H32N2. The minimum Gasteiger partial charge on any atom is -0.359 e.